The predicted octanol–water partition coefficient (Wildman–Crippen LogP) is 3.79. The first-order valence-corrected chi connectivity index (χ1v) is 11.3. The van der Waals surface area contributed by atoms with E-state index < -0.39 is 0 Å². The van der Waals surface area contributed by atoms with Gasteiger partial charge >= 0.3 is 0 Å². The van der Waals surface area contributed by atoms with Crippen LogP contribution >= 0.6 is 0 Å². The summed E-state index contributed by atoms with van der Waals surface area (Å²) in [4.78, 5) is 31.7. The van der Waals surface area contributed by atoms with Gasteiger partial charge in [0.15, 0.2) is 0 Å². The zero-order chi connectivity index (χ0) is 22.5. The average Bonchev–Trinajstić information content (AvgIpc) is 3.37. The molecule has 1 aliphatic rings. The number of carbonyl (C=O) groups is 1. The van der Waals surface area contributed by atoms with Gasteiger partial charge in [0.2, 0.25) is 5.91 Å². The summed E-state index contributed by atoms with van der Waals surface area (Å²) in [6.45, 7) is 1.84. The molecule has 0 radical (unpaired) electrons. The van der Waals surface area contributed by atoms with E-state index in [1.165, 1.54) is 0 Å². The highest BCUT2D eigenvalue weighted by Gasteiger charge is 2.26. The number of H-pyrrole nitrogens is 1. The van der Waals surface area contributed by atoms with Gasteiger partial charge in [-0.05, 0) is 18.9 Å². The molecule has 2 aromatic heterocycles. The third-order valence-electron chi connectivity index (χ3n) is 6.08. The van der Waals surface area contributed by atoms with Gasteiger partial charge in [0.1, 0.15) is 24.5 Å². The highest BCUT2D eigenvalue weighted by Crippen LogP contribution is 2.27. The second-order valence-electron chi connectivity index (χ2n) is 8.14. The van der Waals surface area contributed by atoms with Crippen molar-refractivity contribution >= 4 is 28.5 Å². The molecule has 1 fully saturated rings. The zero-order valence-electron chi connectivity index (χ0n) is 18.3. The van der Waals surface area contributed by atoms with Gasteiger partial charge < -0.3 is 15.2 Å². The molecule has 1 saturated heterocycles. The van der Waals surface area contributed by atoms with Crippen molar-refractivity contribution < 1.29 is 4.79 Å². The average molecular weight is 439 g/mol. The van der Waals surface area contributed by atoms with Gasteiger partial charge in [-0.3, -0.25) is 9.79 Å². The van der Waals surface area contributed by atoms with Crippen LogP contribution in [0.15, 0.2) is 84.2 Å². The number of anilines is 1. The lowest BCUT2D eigenvalue weighted by atomic mass is 9.96. The van der Waals surface area contributed by atoms with Crippen molar-refractivity contribution in [3.8, 4) is 0 Å². The fourth-order valence-corrected chi connectivity index (χ4v) is 4.35. The van der Waals surface area contributed by atoms with E-state index >= 15 is 0 Å². The second kappa shape index (κ2) is 9.65. The van der Waals surface area contributed by atoms with E-state index in [2.05, 4.69) is 25.2 Å². The fraction of sp³-hybridized carbons (Fsp3) is 0.231. The molecule has 0 unspecified atom stereocenters. The van der Waals surface area contributed by atoms with Crippen LogP contribution in [0.5, 0.6) is 0 Å². The Kier molecular flexibility index (Phi) is 6.10. The molecule has 0 bridgehead atoms. The van der Waals surface area contributed by atoms with E-state index in [9.17, 15) is 4.79 Å². The van der Waals surface area contributed by atoms with E-state index in [-0.39, 0.29) is 18.5 Å². The lowest BCUT2D eigenvalue weighted by molar-refractivity contribution is -0.125. The molecule has 7 heteroatoms. The number of aliphatic imine (C=N–C) groups is 1. The molecule has 1 aliphatic heterocycles. The number of benzene rings is 2. The number of hydrogen-bond donors (Lipinski definition) is 2. The summed E-state index contributed by atoms with van der Waals surface area (Å²) >= 11 is 0. The van der Waals surface area contributed by atoms with Crippen LogP contribution in [0, 0.1) is 5.92 Å². The molecule has 2 N–H and O–H groups in total. The molecular formula is C26H26N6O. The number of hydrogen-bond acceptors (Lipinski definition) is 5. The lowest BCUT2D eigenvalue weighted by Gasteiger charge is -2.32. The van der Waals surface area contributed by atoms with Crippen LogP contribution in [0.4, 0.5) is 5.82 Å². The highest BCUT2D eigenvalue weighted by molar-refractivity contribution is 6.12. The Bertz CT molecular complexity index is 1200. The standard InChI is InChI=1S/C26H26N6O/c33-26(21-12-15-32(16-13-21)25-22-11-14-27-24(22)29-18-30-25)31-17-28-23(19-7-3-1-4-8-19)20-9-5-2-6-10-20/h1-11,14,18,21H,12-13,15-17H2,(H,31,33)(H,27,29,30). The number of nitrogens with zero attached hydrogens (tertiary/aromatic N) is 4. The predicted molar refractivity (Wildman–Crippen MR) is 130 cm³/mol. The Morgan fingerprint density at radius 2 is 1.64 bits per heavy atom. The van der Waals surface area contributed by atoms with Crippen molar-refractivity contribution in [1.82, 2.24) is 20.3 Å². The van der Waals surface area contributed by atoms with Crippen molar-refractivity contribution in [2.24, 2.45) is 10.9 Å². The van der Waals surface area contributed by atoms with Crippen molar-refractivity contribution in [1.29, 1.82) is 0 Å². The van der Waals surface area contributed by atoms with Crippen LogP contribution in [-0.2, 0) is 4.79 Å². The van der Waals surface area contributed by atoms with Gasteiger partial charge in [-0.25, -0.2) is 9.97 Å². The third-order valence-corrected chi connectivity index (χ3v) is 6.08. The highest BCUT2D eigenvalue weighted by atomic mass is 16.1. The van der Waals surface area contributed by atoms with Crippen molar-refractivity contribution in [3.63, 3.8) is 0 Å². The van der Waals surface area contributed by atoms with E-state index in [4.69, 9.17) is 4.99 Å². The maximum Gasteiger partial charge on any atom is 0.224 e. The number of fused-ring (bicyclic) bond motifs is 1. The summed E-state index contributed by atoms with van der Waals surface area (Å²) < 4.78 is 0. The minimum atomic E-state index is -0.0168. The fourth-order valence-electron chi connectivity index (χ4n) is 4.35. The molecule has 166 valence electrons. The van der Waals surface area contributed by atoms with Crippen molar-refractivity contribution in [2.45, 2.75) is 12.8 Å². The molecule has 0 spiro atoms. The Labute approximate surface area is 192 Å². The Balaban J connectivity index is 1.21. The van der Waals surface area contributed by atoms with Crippen LogP contribution in [0.3, 0.4) is 0 Å². The molecular weight excluding hydrogens is 412 g/mol. The van der Waals surface area contributed by atoms with Gasteiger partial charge in [0, 0.05) is 36.3 Å². The number of amides is 1. The summed E-state index contributed by atoms with van der Waals surface area (Å²) in [5.74, 6) is 0.977. The van der Waals surface area contributed by atoms with Crippen LogP contribution in [0.25, 0.3) is 11.0 Å². The number of piperidine rings is 1. The summed E-state index contributed by atoms with van der Waals surface area (Å²) in [5.41, 5.74) is 3.79. The van der Waals surface area contributed by atoms with Crippen LogP contribution in [-0.4, -0.2) is 46.3 Å². The van der Waals surface area contributed by atoms with E-state index in [0.29, 0.717) is 0 Å². The minimum absolute atomic E-state index is 0.0168. The monoisotopic (exact) mass is 438 g/mol. The number of rotatable bonds is 6. The van der Waals surface area contributed by atoms with Crippen LogP contribution < -0.4 is 10.2 Å². The molecule has 0 atom stereocenters. The van der Waals surface area contributed by atoms with Gasteiger partial charge in [-0.15, -0.1) is 0 Å². The van der Waals surface area contributed by atoms with Crippen LogP contribution in [0.1, 0.15) is 24.0 Å². The summed E-state index contributed by atoms with van der Waals surface area (Å²) in [6, 6.07) is 22.1. The van der Waals surface area contributed by atoms with E-state index in [0.717, 1.165) is 59.6 Å². The molecule has 2 aromatic carbocycles. The Morgan fingerprint density at radius 1 is 0.970 bits per heavy atom. The summed E-state index contributed by atoms with van der Waals surface area (Å²) in [6.07, 6.45) is 5.04. The molecule has 4 aromatic rings. The van der Waals surface area contributed by atoms with Crippen LogP contribution in [0.2, 0.25) is 0 Å². The second-order valence-corrected chi connectivity index (χ2v) is 8.14. The van der Waals surface area contributed by atoms with Crippen molar-refractivity contribution in [2.75, 3.05) is 24.7 Å². The zero-order valence-corrected chi connectivity index (χ0v) is 18.3. The molecule has 0 aliphatic carbocycles. The number of aromatic amines is 1. The van der Waals surface area contributed by atoms with Gasteiger partial charge in [0.05, 0.1) is 11.1 Å². The first-order chi connectivity index (χ1) is 16.3. The minimum Gasteiger partial charge on any atom is -0.356 e. The summed E-state index contributed by atoms with van der Waals surface area (Å²) in [7, 11) is 0. The van der Waals surface area contributed by atoms with E-state index in [1.807, 2.05) is 72.9 Å². The topological polar surface area (TPSA) is 86.3 Å². The molecule has 0 saturated carbocycles. The largest absolute Gasteiger partial charge is 0.356 e. The molecule has 33 heavy (non-hydrogen) atoms. The van der Waals surface area contributed by atoms with Gasteiger partial charge in [0.25, 0.3) is 0 Å². The maximum atomic E-state index is 12.8. The summed E-state index contributed by atoms with van der Waals surface area (Å²) in [5, 5.41) is 4.04. The van der Waals surface area contributed by atoms with Crippen molar-refractivity contribution in [3.05, 3.63) is 90.4 Å². The van der Waals surface area contributed by atoms with Gasteiger partial charge in [-0.2, -0.15) is 0 Å². The Morgan fingerprint density at radius 3 is 2.30 bits per heavy atom. The molecule has 5 rings (SSSR count). The first kappa shape index (κ1) is 20.9. The lowest BCUT2D eigenvalue weighted by Crippen LogP contribution is -2.41. The SMILES string of the molecule is O=C(NCN=C(c1ccccc1)c1ccccc1)C1CCN(c2ncnc3[nH]ccc23)CC1. The number of carbonyl (C=O) groups excluding carboxylic acids is 1. The molecule has 3 heterocycles. The number of nitrogens with one attached hydrogen (secondary N) is 2. The maximum absolute atomic E-state index is 12.8. The normalized spacial score (nSPS) is 14.2. The van der Waals surface area contributed by atoms with Gasteiger partial charge in [-0.1, -0.05) is 60.7 Å². The molecule has 7 nitrogen and oxygen atoms in total. The first-order valence-electron chi connectivity index (χ1n) is 11.3. The van der Waals surface area contributed by atoms with E-state index in [1.54, 1.807) is 6.33 Å². The number of aromatic nitrogens is 3. The Hall–Kier alpha value is -4.00. The third kappa shape index (κ3) is 4.62. The smallest absolute Gasteiger partial charge is 0.224 e. The quantitative estimate of drug-likeness (QED) is 0.449. The molecule has 1 amide bonds.